The zero-order valence-corrected chi connectivity index (χ0v) is 21.7. The summed E-state index contributed by atoms with van der Waals surface area (Å²) in [6.45, 7) is 3.04. The molecule has 1 heterocycles. The van der Waals surface area contributed by atoms with Crippen molar-refractivity contribution in [1.82, 2.24) is 10.2 Å². The van der Waals surface area contributed by atoms with Crippen molar-refractivity contribution in [2.45, 2.75) is 30.9 Å². The predicted octanol–water partition coefficient (Wildman–Crippen LogP) is 3.26. The van der Waals surface area contributed by atoms with Crippen LogP contribution in [0.3, 0.4) is 0 Å². The number of nitrogens with two attached hydrogens (primary N) is 1. The van der Waals surface area contributed by atoms with Gasteiger partial charge in [-0.2, -0.15) is 0 Å². The molecule has 2 aromatic rings. The standard InChI is InChI=1S/C25H34ClN3O5S/c1-33-19-5-3-17(4-6-19)13-20(35(31)32)9-12-29-10-7-18(8-11-29)16-28-25(30)21-14-22(26)23(27)15-24(21)34-2/h3-6,14-15,18,20H,7-13,16,27H2,1-2H3,(H,28,30)(H,31,32)/p-1. The molecule has 2 aromatic carbocycles. The molecule has 0 radical (unpaired) electrons. The molecule has 1 fully saturated rings. The van der Waals surface area contributed by atoms with Gasteiger partial charge >= 0.3 is 0 Å². The van der Waals surface area contributed by atoms with Gasteiger partial charge in [0.1, 0.15) is 11.5 Å². The van der Waals surface area contributed by atoms with Gasteiger partial charge in [-0.25, -0.2) is 0 Å². The second kappa shape index (κ2) is 13.1. The Balaban J connectivity index is 1.43. The van der Waals surface area contributed by atoms with Crippen molar-refractivity contribution in [3.8, 4) is 11.5 Å². The molecule has 0 bridgehead atoms. The lowest BCUT2D eigenvalue weighted by molar-refractivity contribution is 0.0933. The largest absolute Gasteiger partial charge is 0.772 e. The topological polar surface area (TPSA) is 117 Å². The highest BCUT2D eigenvalue weighted by Gasteiger charge is 2.22. The van der Waals surface area contributed by atoms with E-state index in [4.69, 9.17) is 26.8 Å². The number of hydrogen-bond donors (Lipinski definition) is 2. The normalized spacial score (nSPS) is 16.5. The van der Waals surface area contributed by atoms with Gasteiger partial charge < -0.3 is 30.0 Å². The van der Waals surface area contributed by atoms with Gasteiger partial charge in [-0.1, -0.05) is 34.8 Å². The molecule has 2 atom stereocenters. The molecule has 192 valence electrons. The minimum Gasteiger partial charge on any atom is -0.772 e. The minimum absolute atomic E-state index is 0.245. The van der Waals surface area contributed by atoms with Crippen LogP contribution in [-0.2, 0) is 17.5 Å². The first-order valence-electron chi connectivity index (χ1n) is 11.6. The first kappa shape index (κ1) is 27.3. The van der Waals surface area contributed by atoms with Gasteiger partial charge in [0, 0.05) is 17.9 Å². The number of carbonyl (C=O) groups excluding carboxylic acids is 1. The Labute approximate surface area is 214 Å². The minimum atomic E-state index is -2.14. The van der Waals surface area contributed by atoms with Crippen molar-refractivity contribution >= 4 is 34.3 Å². The van der Waals surface area contributed by atoms with Crippen molar-refractivity contribution < 1.29 is 23.0 Å². The zero-order chi connectivity index (χ0) is 25.4. The van der Waals surface area contributed by atoms with Gasteiger partial charge in [0.25, 0.3) is 5.91 Å². The number of nitrogen functional groups attached to an aromatic ring is 1. The van der Waals surface area contributed by atoms with Crippen molar-refractivity contribution in [2.75, 3.05) is 46.1 Å². The van der Waals surface area contributed by atoms with Crippen molar-refractivity contribution in [3.05, 3.63) is 52.5 Å². The Hall–Kier alpha value is -2.33. The smallest absolute Gasteiger partial charge is 0.255 e. The number of hydrogen-bond acceptors (Lipinski definition) is 7. The molecule has 10 heteroatoms. The highest BCUT2D eigenvalue weighted by atomic mass is 35.5. The maximum absolute atomic E-state index is 12.7. The van der Waals surface area contributed by atoms with E-state index in [0.29, 0.717) is 47.3 Å². The van der Waals surface area contributed by atoms with E-state index in [1.165, 1.54) is 13.2 Å². The van der Waals surface area contributed by atoms with E-state index in [1.54, 1.807) is 13.2 Å². The molecule has 1 aliphatic heterocycles. The summed E-state index contributed by atoms with van der Waals surface area (Å²) < 4.78 is 34.0. The van der Waals surface area contributed by atoms with Gasteiger partial charge in [-0.05, 0) is 75.0 Å². The monoisotopic (exact) mass is 522 g/mol. The van der Waals surface area contributed by atoms with Crippen molar-refractivity contribution in [2.24, 2.45) is 5.92 Å². The third-order valence-electron chi connectivity index (χ3n) is 6.48. The number of benzene rings is 2. The van der Waals surface area contributed by atoms with Gasteiger partial charge in [-0.3, -0.25) is 9.00 Å². The molecule has 0 aromatic heterocycles. The van der Waals surface area contributed by atoms with E-state index in [2.05, 4.69) is 10.2 Å². The number of anilines is 1. The van der Waals surface area contributed by atoms with Gasteiger partial charge in [-0.15, -0.1) is 0 Å². The molecule has 1 aliphatic rings. The quantitative estimate of drug-likeness (QED) is 0.343. The summed E-state index contributed by atoms with van der Waals surface area (Å²) in [5, 5.41) is 2.86. The fourth-order valence-corrected chi connectivity index (χ4v) is 5.07. The summed E-state index contributed by atoms with van der Waals surface area (Å²) >= 11 is 3.93. The fraction of sp³-hybridized carbons (Fsp3) is 0.480. The van der Waals surface area contributed by atoms with Crippen LogP contribution in [0.4, 0.5) is 5.69 Å². The maximum atomic E-state index is 12.7. The summed E-state index contributed by atoms with van der Waals surface area (Å²) in [5.74, 6) is 1.25. The first-order valence-corrected chi connectivity index (χ1v) is 13.2. The van der Waals surface area contributed by atoms with Gasteiger partial charge in [0.2, 0.25) is 0 Å². The molecule has 0 spiro atoms. The molecule has 3 N–H and O–H groups in total. The van der Waals surface area contributed by atoms with Crippen LogP contribution in [0, 0.1) is 5.92 Å². The third-order valence-corrected chi connectivity index (χ3v) is 7.76. The third kappa shape index (κ3) is 7.83. The average Bonchev–Trinajstić information content (AvgIpc) is 2.87. The number of rotatable bonds is 11. The van der Waals surface area contributed by atoms with E-state index in [1.807, 2.05) is 24.3 Å². The van der Waals surface area contributed by atoms with Crippen LogP contribution in [0.2, 0.25) is 5.02 Å². The summed E-state index contributed by atoms with van der Waals surface area (Å²) in [5.41, 5.74) is 7.49. The summed E-state index contributed by atoms with van der Waals surface area (Å²) in [4.78, 5) is 15.0. The Bertz CT molecular complexity index is 1010. The maximum Gasteiger partial charge on any atom is 0.255 e. The number of amides is 1. The number of ether oxygens (including phenoxy) is 2. The molecular weight excluding hydrogens is 490 g/mol. The highest BCUT2D eigenvalue weighted by molar-refractivity contribution is 7.79. The van der Waals surface area contributed by atoms with Gasteiger partial charge in [0.05, 0.1) is 30.5 Å². The van der Waals surface area contributed by atoms with E-state index in [-0.39, 0.29) is 5.91 Å². The Kier molecular flexibility index (Phi) is 10.2. The number of carbonyl (C=O) groups is 1. The van der Waals surface area contributed by atoms with Crippen LogP contribution in [-0.4, -0.2) is 65.2 Å². The van der Waals surface area contributed by atoms with Crippen molar-refractivity contribution in [3.63, 3.8) is 0 Å². The fourth-order valence-electron chi connectivity index (χ4n) is 4.28. The first-order chi connectivity index (χ1) is 16.8. The van der Waals surface area contributed by atoms with Crippen LogP contribution < -0.4 is 20.5 Å². The molecule has 8 nitrogen and oxygen atoms in total. The molecule has 0 aliphatic carbocycles. The number of methoxy groups -OCH3 is 2. The molecule has 35 heavy (non-hydrogen) atoms. The summed E-state index contributed by atoms with van der Waals surface area (Å²) in [6.07, 6.45) is 2.94. The average molecular weight is 523 g/mol. The molecule has 1 saturated heterocycles. The van der Waals surface area contributed by atoms with Gasteiger partial charge in [0.15, 0.2) is 0 Å². The SMILES string of the molecule is COc1ccc(CC(CCN2CCC(CNC(=O)c3cc(Cl)c(N)cc3OC)CC2)S(=O)[O-])cc1. The Morgan fingerprint density at radius 1 is 1.23 bits per heavy atom. The lowest BCUT2D eigenvalue weighted by atomic mass is 9.96. The second-order valence-corrected chi connectivity index (χ2v) is 10.4. The van der Waals surface area contributed by atoms with Crippen LogP contribution in [0.5, 0.6) is 11.5 Å². The van der Waals surface area contributed by atoms with Crippen LogP contribution in [0.15, 0.2) is 36.4 Å². The highest BCUT2D eigenvalue weighted by Crippen LogP contribution is 2.29. The second-order valence-electron chi connectivity index (χ2n) is 8.79. The number of piperidine rings is 1. The van der Waals surface area contributed by atoms with E-state index in [0.717, 1.165) is 43.8 Å². The zero-order valence-electron chi connectivity index (χ0n) is 20.1. The Morgan fingerprint density at radius 3 is 2.51 bits per heavy atom. The Morgan fingerprint density at radius 2 is 1.91 bits per heavy atom. The van der Waals surface area contributed by atoms with Crippen LogP contribution in [0.25, 0.3) is 0 Å². The number of nitrogens with zero attached hydrogens (tertiary/aromatic N) is 1. The molecule has 0 saturated carbocycles. The lowest BCUT2D eigenvalue weighted by Crippen LogP contribution is -2.40. The lowest BCUT2D eigenvalue weighted by Gasteiger charge is -2.33. The van der Waals surface area contributed by atoms with Crippen molar-refractivity contribution in [1.29, 1.82) is 0 Å². The number of nitrogens with one attached hydrogen (secondary N) is 1. The molecule has 2 unspecified atom stereocenters. The van der Waals surface area contributed by atoms with E-state index >= 15 is 0 Å². The van der Waals surface area contributed by atoms with Crippen LogP contribution >= 0.6 is 11.6 Å². The molecule has 1 amide bonds. The molecule has 3 rings (SSSR count). The summed E-state index contributed by atoms with van der Waals surface area (Å²) in [7, 11) is 3.09. The number of likely N-dealkylation sites (tertiary alicyclic amines) is 1. The summed E-state index contributed by atoms with van der Waals surface area (Å²) in [6, 6.07) is 10.6. The van der Waals surface area contributed by atoms with E-state index < -0.39 is 16.3 Å². The molecular formula is C25H33ClN3O5S-. The van der Waals surface area contributed by atoms with Crippen LogP contribution in [0.1, 0.15) is 35.2 Å². The predicted molar refractivity (Wildman–Crippen MR) is 138 cm³/mol. The number of halogens is 1. The van der Waals surface area contributed by atoms with E-state index in [9.17, 15) is 13.6 Å².